The number of carbonyl (C=O) groups is 1. The van der Waals surface area contributed by atoms with Crippen LogP contribution in [0.25, 0.3) is 0 Å². The first-order chi connectivity index (χ1) is 6.02. The lowest BCUT2D eigenvalue weighted by Gasteiger charge is -2.08. The highest BCUT2D eigenvalue weighted by molar-refractivity contribution is 5.88. The van der Waals surface area contributed by atoms with Crippen molar-refractivity contribution in [1.29, 1.82) is 0 Å². The van der Waals surface area contributed by atoms with Crippen molar-refractivity contribution in [2.45, 2.75) is 19.8 Å². The lowest BCUT2D eigenvalue weighted by Crippen LogP contribution is -1.98. The van der Waals surface area contributed by atoms with E-state index in [0.717, 1.165) is 0 Å². The second kappa shape index (κ2) is 3.47. The Morgan fingerprint density at radius 3 is 2.46 bits per heavy atom. The molecule has 13 heavy (non-hydrogen) atoms. The summed E-state index contributed by atoms with van der Waals surface area (Å²) in [7, 11) is 0. The molecule has 0 saturated carbocycles. The highest BCUT2D eigenvalue weighted by atomic mass is 16.4. The average molecular weight is 180 g/mol. The molecule has 0 saturated heterocycles. The molecule has 0 aliphatic heterocycles. The molecule has 3 nitrogen and oxygen atoms in total. The van der Waals surface area contributed by atoms with Crippen LogP contribution in [-0.2, 0) is 0 Å². The van der Waals surface area contributed by atoms with Crippen LogP contribution in [0.5, 0.6) is 5.75 Å². The molecule has 0 atom stereocenters. The van der Waals surface area contributed by atoms with Gasteiger partial charge in [0, 0.05) is 0 Å². The predicted octanol–water partition coefficient (Wildman–Crippen LogP) is 2.21. The SMILES string of the molecule is CC(C)c1cc(C(=O)O)ccc1O. The zero-order chi connectivity index (χ0) is 10.0. The maximum Gasteiger partial charge on any atom is 0.335 e. The highest BCUT2D eigenvalue weighted by Crippen LogP contribution is 2.25. The minimum Gasteiger partial charge on any atom is -0.508 e. The monoisotopic (exact) mass is 180 g/mol. The molecule has 0 radical (unpaired) electrons. The number of hydrogen-bond acceptors (Lipinski definition) is 2. The molecule has 3 heteroatoms. The average Bonchev–Trinajstić information content (AvgIpc) is 2.04. The van der Waals surface area contributed by atoms with Crippen molar-refractivity contribution in [1.82, 2.24) is 0 Å². The lowest BCUT2D eigenvalue weighted by atomic mass is 10.00. The smallest absolute Gasteiger partial charge is 0.335 e. The van der Waals surface area contributed by atoms with Crippen molar-refractivity contribution in [3.63, 3.8) is 0 Å². The van der Waals surface area contributed by atoms with Gasteiger partial charge in [0.05, 0.1) is 5.56 Å². The quantitative estimate of drug-likeness (QED) is 0.733. The molecule has 0 unspecified atom stereocenters. The fourth-order valence-electron chi connectivity index (χ4n) is 1.15. The van der Waals surface area contributed by atoms with Gasteiger partial charge in [0.2, 0.25) is 0 Å². The van der Waals surface area contributed by atoms with Gasteiger partial charge in [-0.15, -0.1) is 0 Å². The Morgan fingerprint density at radius 1 is 1.38 bits per heavy atom. The van der Waals surface area contributed by atoms with Crippen LogP contribution >= 0.6 is 0 Å². The third kappa shape index (κ3) is 1.99. The molecule has 1 rings (SSSR count). The van der Waals surface area contributed by atoms with Gasteiger partial charge in [-0.05, 0) is 29.7 Å². The van der Waals surface area contributed by atoms with Gasteiger partial charge in [-0.1, -0.05) is 13.8 Å². The molecule has 2 N–H and O–H groups in total. The third-order valence-electron chi connectivity index (χ3n) is 1.90. The number of rotatable bonds is 2. The summed E-state index contributed by atoms with van der Waals surface area (Å²) in [6, 6.07) is 4.31. The summed E-state index contributed by atoms with van der Waals surface area (Å²) < 4.78 is 0. The van der Waals surface area contributed by atoms with Crippen molar-refractivity contribution in [2.24, 2.45) is 0 Å². The van der Waals surface area contributed by atoms with E-state index in [1.807, 2.05) is 13.8 Å². The van der Waals surface area contributed by atoms with E-state index >= 15 is 0 Å². The maximum absolute atomic E-state index is 10.6. The molecule has 1 aromatic carbocycles. The maximum atomic E-state index is 10.6. The Balaban J connectivity index is 3.19. The van der Waals surface area contributed by atoms with E-state index in [4.69, 9.17) is 5.11 Å². The van der Waals surface area contributed by atoms with Crippen molar-refractivity contribution in [2.75, 3.05) is 0 Å². The van der Waals surface area contributed by atoms with Gasteiger partial charge in [0.25, 0.3) is 0 Å². The Kier molecular flexibility index (Phi) is 2.56. The molecule has 0 bridgehead atoms. The lowest BCUT2D eigenvalue weighted by molar-refractivity contribution is 0.0697. The van der Waals surface area contributed by atoms with Crippen molar-refractivity contribution in [3.8, 4) is 5.75 Å². The highest BCUT2D eigenvalue weighted by Gasteiger charge is 2.09. The zero-order valence-corrected chi connectivity index (χ0v) is 7.61. The Hall–Kier alpha value is -1.51. The summed E-state index contributed by atoms with van der Waals surface area (Å²) >= 11 is 0. The molecule has 0 heterocycles. The molecule has 1 aromatic rings. The topological polar surface area (TPSA) is 57.5 Å². The number of aromatic hydroxyl groups is 1. The predicted molar refractivity (Wildman–Crippen MR) is 49.2 cm³/mol. The fraction of sp³-hybridized carbons (Fsp3) is 0.300. The molecule has 0 spiro atoms. The van der Waals surface area contributed by atoms with Gasteiger partial charge in [-0.3, -0.25) is 0 Å². The minimum atomic E-state index is -0.970. The molecule has 70 valence electrons. The van der Waals surface area contributed by atoms with Gasteiger partial charge in [0.1, 0.15) is 5.75 Å². The van der Waals surface area contributed by atoms with Gasteiger partial charge in [-0.2, -0.15) is 0 Å². The van der Waals surface area contributed by atoms with E-state index in [-0.39, 0.29) is 17.2 Å². The summed E-state index contributed by atoms with van der Waals surface area (Å²) in [5.41, 5.74) is 0.876. The Morgan fingerprint density at radius 2 is 2.00 bits per heavy atom. The number of hydrogen-bond donors (Lipinski definition) is 2. The number of phenols is 1. The van der Waals surface area contributed by atoms with Crippen LogP contribution in [0.2, 0.25) is 0 Å². The molecular formula is C10H12O3. The van der Waals surface area contributed by atoms with Crippen LogP contribution in [0.15, 0.2) is 18.2 Å². The van der Waals surface area contributed by atoms with Crippen molar-refractivity contribution < 1.29 is 15.0 Å². The first kappa shape index (κ1) is 9.58. The largest absolute Gasteiger partial charge is 0.508 e. The van der Waals surface area contributed by atoms with E-state index < -0.39 is 5.97 Å². The summed E-state index contributed by atoms with van der Waals surface area (Å²) in [4.78, 5) is 10.6. The summed E-state index contributed by atoms with van der Waals surface area (Å²) in [5, 5.41) is 18.1. The normalized spacial score (nSPS) is 10.4. The third-order valence-corrected chi connectivity index (χ3v) is 1.90. The Labute approximate surface area is 76.6 Å². The molecule has 0 aliphatic carbocycles. The first-order valence-electron chi connectivity index (χ1n) is 4.08. The number of carboxylic acids is 1. The second-order valence-corrected chi connectivity index (χ2v) is 3.23. The van der Waals surface area contributed by atoms with Crippen LogP contribution in [0.1, 0.15) is 35.7 Å². The first-order valence-corrected chi connectivity index (χ1v) is 4.08. The molecule has 0 fully saturated rings. The number of carboxylic acid groups (broad SMARTS) is 1. The zero-order valence-electron chi connectivity index (χ0n) is 7.61. The molecule has 0 amide bonds. The van der Waals surface area contributed by atoms with Crippen LogP contribution in [0.4, 0.5) is 0 Å². The fourth-order valence-corrected chi connectivity index (χ4v) is 1.15. The summed E-state index contributed by atoms with van der Waals surface area (Å²) in [6.07, 6.45) is 0. The van der Waals surface area contributed by atoms with Gasteiger partial charge in [0.15, 0.2) is 0 Å². The Bertz CT molecular complexity index is 329. The van der Waals surface area contributed by atoms with Crippen LogP contribution in [0, 0.1) is 0 Å². The minimum absolute atomic E-state index is 0.124. The molecule has 0 aliphatic rings. The summed E-state index contributed by atoms with van der Waals surface area (Å²) in [5.74, 6) is -0.693. The summed E-state index contributed by atoms with van der Waals surface area (Å²) in [6.45, 7) is 3.81. The van der Waals surface area contributed by atoms with Crippen LogP contribution in [-0.4, -0.2) is 16.2 Å². The molecule has 0 aromatic heterocycles. The van der Waals surface area contributed by atoms with E-state index in [9.17, 15) is 9.90 Å². The van der Waals surface area contributed by atoms with Gasteiger partial charge in [-0.25, -0.2) is 4.79 Å². The van der Waals surface area contributed by atoms with E-state index in [1.54, 1.807) is 0 Å². The van der Waals surface area contributed by atoms with E-state index in [2.05, 4.69) is 0 Å². The van der Waals surface area contributed by atoms with Gasteiger partial charge < -0.3 is 10.2 Å². The molecular weight excluding hydrogens is 168 g/mol. The second-order valence-electron chi connectivity index (χ2n) is 3.23. The van der Waals surface area contributed by atoms with E-state index in [0.29, 0.717) is 5.56 Å². The van der Waals surface area contributed by atoms with Crippen LogP contribution < -0.4 is 0 Å². The standard InChI is InChI=1S/C10H12O3/c1-6(2)8-5-7(10(12)13)3-4-9(8)11/h3-6,11H,1-2H3,(H,12,13). The van der Waals surface area contributed by atoms with Crippen molar-refractivity contribution >= 4 is 5.97 Å². The number of benzene rings is 1. The number of aromatic carboxylic acids is 1. The van der Waals surface area contributed by atoms with E-state index in [1.165, 1.54) is 18.2 Å². The van der Waals surface area contributed by atoms with Gasteiger partial charge >= 0.3 is 5.97 Å². The van der Waals surface area contributed by atoms with Crippen LogP contribution in [0.3, 0.4) is 0 Å². The van der Waals surface area contributed by atoms with Crippen molar-refractivity contribution in [3.05, 3.63) is 29.3 Å². The number of phenolic OH excluding ortho intramolecular Hbond substituents is 1.